The summed E-state index contributed by atoms with van der Waals surface area (Å²) in [6, 6.07) is 14.9. The predicted molar refractivity (Wildman–Crippen MR) is 153 cm³/mol. The summed E-state index contributed by atoms with van der Waals surface area (Å²) >= 11 is 0. The lowest BCUT2D eigenvalue weighted by atomic mass is 10.1. The van der Waals surface area contributed by atoms with E-state index < -0.39 is 13.6 Å². The zero-order chi connectivity index (χ0) is 29.2. The number of amides is 1. The lowest BCUT2D eigenvalue weighted by molar-refractivity contribution is -0.115. The van der Waals surface area contributed by atoms with Gasteiger partial charge in [0, 0.05) is 48.2 Å². The molecule has 0 aliphatic carbocycles. The van der Waals surface area contributed by atoms with Crippen LogP contribution in [0, 0.1) is 5.82 Å². The third kappa shape index (κ3) is 9.62. The highest BCUT2D eigenvalue weighted by Gasteiger charge is 2.14. The SMILES string of the molecule is CCN(CCCOc1ccc2c(Nc3cc(CC(=O)Nc4cccc(F)c4)[nH]n3)ccnc2c1)CCOP(=O)(O)O. The number of hydrogen-bond acceptors (Lipinski definition) is 8. The third-order valence-electron chi connectivity index (χ3n) is 6.07. The summed E-state index contributed by atoms with van der Waals surface area (Å²) in [5, 5.41) is 13.8. The second kappa shape index (κ2) is 14.2. The van der Waals surface area contributed by atoms with Crippen molar-refractivity contribution in [2.75, 3.05) is 43.5 Å². The van der Waals surface area contributed by atoms with Crippen molar-refractivity contribution in [3.8, 4) is 5.75 Å². The molecule has 0 atom stereocenters. The second-order valence-electron chi connectivity index (χ2n) is 9.14. The van der Waals surface area contributed by atoms with Crippen molar-refractivity contribution in [1.29, 1.82) is 0 Å². The normalized spacial score (nSPS) is 11.6. The van der Waals surface area contributed by atoms with Gasteiger partial charge in [-0.05, 0) is 49.4 Å². The van der Waals surface area contributed by atoms with Crippen LogP contribution in [0.4, 0.5) is 21.6 Å². The molecule has 2 heterocycles. The van der Waals surface area contributed by atoms with Crippen molar-refractivity contribution in [2.45, 2.75) is 19.8 Å². The molecule has 4 rings (SSSR count). The Morgan fingerprint density at radius 3 is 2.76 bits per heavy atom. The number of H-pyrrole nitrogens is 1. The number of carbonyl (C=O) groups is 1. The molecule has 4 aromatic rings. The lowest BCUT2D eigenvalue weighted by Crippen LogP contribution is -2.29. The van der Waals surface area contributed by atoms with Crippen LogP contribution < -0.4 is 15.4 Å². The van der Waals surface area contributed by atoms with Gasteiger partial charge < -0.3 is 30.1 Å². The van der Waals surface area contributed by atoms with Crippen molar-refractivity contribution in [3.63, 3.8) is 0 Å². The minimum Gasteiger partial charge on any atom is -0.493 e. The van der Waals surface area contributed by atoms with Crippen LogP contribution in [-0.4, -0.2) is 68.6 Å². The number of phosphoric ester groups is 1. The van der Waals surface area contributed by atoms with Crippen LogP contribution in [0.5, 0.6) is 5.75 Å². The molecule has 0 aliphatic rings. The molecule has 0 unspecified atom stereocenters. The molecule has 2 aromatic carbocycles. The van der Waals surface area contributed by atoms with Gasteiger partial charge in [0.2, 0.25) is 5.91 Å². The van der Waals surface area contributed by atoms with E-state index in [1.54, 1.807) is 18.3 Å². The van der Waals surface area contributed by atoms with E-state index in [1.807, 2.05) is 36.1 Å². The fraction of sp³-hybridized carbons (Fsp3) is 0.296. The number of phosphoric acid groups is 1. The van der Waals surface area contributed by atoms with Gasteiger partial charge in [-0.15, -0.1) is 0 Å². The molecule has 5 N–H and O–H groups in total. The van der Waals surface area contributed by atoms with Gasteiger partial charge in [0.1, 0.15) is 11.6 Å². The molecule has 0 radical (unpaired) electrons. The van der Waals surface area contributed by atoms with Gasteiger partial charge in [0.05, 0.1) is 30.8 Å². The molecule has 0 saturated heterocycles. The summed E-state index contributed by atoms with van der Waals surface area (Å²) < 4.78 is 34.6. The number of halogens is 1. The number of pyridine rings is 1. The summed E-state index contributed by atoms with van der Waals surface area (Å²) in [6.07, 6.45) is 2.44. The smallest absolute Gasteiger partial charge is 0.469 e. The number of aromatic amines is 1. The predicted octanol–water partition coefficient (Wildman–Crippen LogP) is 4.22. The van der Waals surface area contributed by atoms with E-state index >= 15 is 0 Å². The van der Waals surface area contributed by atoms with E-state index in [4.69, 9.17) is 14.5 Å². The number of hydrogen-bond donors (Lipinski definition) is 5. The lowest BCUT2D eigenvalue weighted by Gasteiger charge is -2.20. The average Bonchev–Trinajstić information content (AvgIpc) is 3.35. The number of anilines is 3. The largest absolute Gasteiger partial charge is 0.493 e. The number of nitrogens with zero attached hydrogens (tertiary/aromatic N) is 3. The highest BCUT2D eigenvalue weighted by Crippen LogP contribution is 2.35. The van der Waals surface area contributed by atoms with E-state index in [0.29, 0.717) is 42.6 Å². The molecule has 0 spiro atoms. The van der Waals surface area contributed by atoms with Gasteiger partial charge in [-0.2, -0.15) is 5.10 Å². The molecule has 12 nitrogen and oxygen atoms in total. The molecule has 0 fully saturated rings. The number of fused-ring (bicyclic) bond motifs is 1. The van der Waals surface area contributed by atoms with E-state index in [-0.39, 0.29) is 18.9 Å². The molecule has 0 aliphatic heterocycles. The highest BCUT2D eigenvalue weighted by atomic mass is 31.2. The fourth-order valence-electron chi connectivity index (χ4n) is 4.12. The summed E-state index contributed by atoms with van der Waals surface area (Å²) in [5.41, 5.74) is 2.47. The summed E-state index contributed by atoms with van der Waals surface area (Å²) in [7, 11) is -4.46. The maximum Gasteiger partial charge on any atom is 0.469 e. The summed E-state index contributed by atoms with van der Waals surface area (Å²) in [5.74, 6) is 0.465. The molecule has 2 aromatic heterocycles. The van der Waals surface area contributed by atoms with Crippen LogP contribution in [0.25, 0.3) is 10.9 Å². The summed E-state index contributed by atoms with van der Waals surface area (Å²) in [6.45, 7) is 4.21. The van der Waals surface area contributed by atoms with Crippen LogP contribution in [0.2, 0.25) is 0 Å². The van der Waals surface area contributed by atoms with Crippen LogP contribution in [-0.2, 0) is 20.3 Å². The Labute approximate surface area is 236 Å². The second-order valence-corrected chi connectivity index (χ2v) is 10.4. The number of rotatable bonds is 15. The Bertz CT molecular complexity index is 1510. The number of benzene rings is 2. The number of nitrogens with one attached hydrogen (secondary N) is 3. The Morgan fingerprint density at radius 1 is 1.12 bits per heavy atom. The molecular formula is C27H32FN6O6P. The van der Waals surface area contributed by atoms with Crippen molar-refractivity contribution in [3.05, 3.63) is 72.3 Å². The minimum absolute atomic E-state index is 0.0418. The Hall–Kier alpha value is -3.87. The molecule has 0 saturated carbocycles. The molecule has 218 valence electrons. The first-order chi connectivity index (χ1) is 19.7. The number of carbonyl (C=O) groups excluding carboxylic acids is 1. The number of likely N-dealkylation sites (N-methyl/N-ethyl adjacent to an activating group) is 1. The maximum absolute atomic E-state index is 13.3. The average molecular weight is 587 g/mol. The van der Waals surface area contributed by atoms with Gasteiger partial charge in [-0.25, -0.2) is 8.96 Å². The quantitative estimate of drug-likeness (QED) is 0.101. The maximum atomic E-state index is 13.3. The fourth-order valence-corrected chi connectivity index (χ4v) is 4.44. The van der Waals surface area contributed by atoms with Crippen molar-refractivity contribution in [2.24, 2.45) is 0 Å². The topological polar surface area (TPSA) is 162 Å². The highest BCUT2D eigenvalue weighted by molar-refractivity contribution is 7.46. The zero-order valence-electron chi connectivity index (χ0n) is 22.4. The zero-order valence-corrected chi connectivity index (χ0v) is 23.3. The molecule has 41 heavy (non-hydrogen) atoms. The van der Waals surface area contributed by atoms with Crippen LogP contribution >= 0.6 is 7.82 Å². The first kappa shape index (κ1) is 30.1. The van der Waals surface area contributed by atoms with Gasteiger partial charge in [0.15, 0.2) is 5.82 Å². The van der Waals surface area contributed by atoms with Crippen molar-refractivity contribution in [1.82, 2.24) is 20.1 Å². The Morgan fingerprint density at radius 2 is 1.98 bits per heavy atom. The third-order valence-corrected chi connectivity index (χ3v) is 6.59. The van der Waals surface area contributed by atoms with Gasteiger partial charge in [-0.1, -0.05) is 13.0 Å². The van der Waals surface area contributed by atoms with Crippen molar-refractivity contribution < 1.29 is 32.8 Å². The molecule has 0 bridgehead atoms. The minimum atomic E-state index is -4.46. The first-order valence-corrected chi connectivity index (χ1v) is 14.5. The molecule has 1 amide bonds. The van der Waals surface area contributed by atoms with Crippen LogP contribution in [0.3, 0.4) is 0 Å². The van der Waals surface area contributed by atoms with Gasteiger partial charge in [-0.3, -0.25) is 19.4 Å². The van der Waals surface area contributed by atoms with Gasteiger partial charge in [0.25, 0.3) is 0 Å². The van der Waals surface area contributed by atoms with Crippen molar-refractivity contribution >= 4 is 41.8 Å². The molecule has 14 heteroatoms. The monoisotopic (exact) mass is 586 g/mol. The van der Waals surface area contributed by atoms with E-state index in [1.165, 1.54) is 18.2 Å². The number of aromatic nitrogens is 3. The van der Waals surface area contributed by atoms with E-state index in [0.717, 1.165) is 29.6 Å². The standard InChI is InChI=1S/C27H32FN6O6P/c1-2-34(12-14-40-41(36,37)38)11-4-13-39-22-7-8-23-24(9-10-29-25(23)18-22)31-26-16-21(32-33-26)17-27(35)30-20-6-3-5-19(28)15-20/h3,5-10,15-16,18H,2,4,11-14,17H2,1H3,(H,30,35)(H2,36,37,38)(H2,29,31,32,33). The Balaban J connectivity index is 1.28. The van der Waals surface area contributed by atoms with Crippen LogP contribution in [0.15, 0.2) is 60.8 Å². The first-order valence-electron chi connectivity index (χ1n) is 13.0. The van der Waals surface area contributed by atoms with E-state index in [9.17, 15) is 13.8 Å². The summed E-state index contributed by atoms with van der Waals surface area (Å²) in [4.78, 5) is 36.4. The molecular weight excluding hydrogens is 554 g/mol. The van der Waals surface area contributed by atoms with E-state index in [2.05, 4.69) is 30.3 Å². The van der Waals surface area contributed by atoms with Gasteiger partial charge >= 0.3 is 7.82 Å². The number of ether oxygens (including phenoxy) is 1. The Kier molecular flexibility index (Phi) is 10.4. The van der Waals surface area contributed by atoms with Crippen LogP contribution in [0.1, 0.15) is 19.0 Å².